The van der Waals surface area contributed by atoms with E-state index < -0.39 is 0 Å². The third-order valence-corrected chi connectivity index (χ3v) is 6.67. The number of hydrogen-bond acceptors (Lipinski definition) is 4. The maximum Gasteiger partial charge on any atom is 0.290 e. The largest absolute Gasteiger partial charge is 0.496 e. The van der Waals surface area contributed by atoms with Crippen molar-refractivity contribution in [2.24, 2.45) is 0 Å². The number of amides is 2. The van der Waals surface area contributed by atoms with E-state index in [1.54, 1.807) is 19.2 Å². The number of imidazole rings is 1. The van der Waals surface area contributed by atoms with E-state index in [2.05, 4.69) is 10.3 Å². The number of carbonyl (C=O) groups excluding carboxylic acids is 2. The number of ether oxygens (including phenoxy) is 1. The molecule has 2 heterocycles. The van der Waals surface area contributed by atoms with Gasteiger partial charge in [0.15, 0.2) is 5.82 Å². The monoisotopic (exact) mass is 432 g/mol. The zero-order chi connectivity index (χ0) is 22.1. The fraction of sp³-hybridized carbons (Fsp3) is 0.400. The van der Waals surface area contributed by atoms with Gasteiger partial charge in [-0.1, -0.05) is 37.5 Å². The number of carbonyl (C=O) groups is 2. The summed E-state index contributed by atoms with van der Waals surface area (Å²) in [5.41, 5.74) is 3.02. The van der Waals surface area contributed by atoms with Crippen molar-refractivity contribution in [3.63, 3.8) is 0 Å². The zero-order valence-electron chi connectivity index (χ0n) is 18.3. The van der Waals surface area contributed by atoms with Crippen LogP contribution in [0.3, 0.4) is 0 Å². The van der Waals surface area contributed by atoms with Crippen molar-refractivity contribution in [2.45, 2.75) is 51.2 Å². The molecule has 2 aromatic carbocycles. The molecule has 1 N–H and O–H groups in total. The summed E-state index contributed by atoms with van der Waals surface area (Å²) in [6.07, 6.45) is 5.82. The smallest absolute Gasteiger partial charge is 0.290 e. The molecule has 0 spiro atoms. The van der Waals surface area contributed by atoms with E-state index in [0.29, 0.717) is 29.5 Å². The minimum atomic E-state index is -0.182. The van der Waals surface area contributed by atoms with Gasteiger partial charge < -0.3 is 19.5 Å². The van der Waals surface area contributed by atoms with Crippen molar-refractivity contribution in [1.82, 2.24) is 19.8 Å². The highest BCUT2D eigenvalue weighted by atomic mass is 16.5. The highest BCUT2D eigenvalue weighted by Gasteiger charge is 2.33. The molecule has 7 heteroatoms. The first-order valence-corrected chi connectivity index (χ1v) is 11.4. The molecule has 0 radical (unpaired) electrons. The van der Waals surface area contributed by atoms with Crippen molar-refractivity contribution in [3.05, 3.63) is 59.4 Å². The average molecular weight is 433 g/mol. The summed E-state index contributed by atoms with van der Waals surface area (Å²) in [7, 11) is 1.62. The van der Waals surface area contributed by atoms with E-state index in [0.717, 1.165) is 42.8 Å². The van der Waals surface area contributed by atoms with Gasteiger partial charge >= 0.3 is 0 Å². The molecule has 32 heavy (non-hydrogen) atoms. The number of rotatable bonds is 5. The van der Waals surface area contributed by atoms with Gasteiger partial charge in [0.2, 0.25) is 0 Å². The van der Waals surface area contributed by atoms with Crippen LogP contribution in [0.2, 0.25) is 0 Å². The Kier molecular flexibility index (Phi) is 5.55. The van der Waals surface area contributed by atoms with Crippen molar-refractivity contribution in [2.75, 3.05) is 13.7 Å². The van der Waals surface area contributed by atoms with Gasteiger partial charge in [0.05, 0.1) is 18.1 Å². The first-order chi connectivity index (χ1) is 15.7. The van der Waals surface area contributed by atoms with Crippen molar-refractivity contribution in [3.8, 4) is 5.75 Å². The summed E-state index contributed by atoms with van der Waals surface area (Å²) < 4.78 is 7.34. The molecule has 1 saturated carbocycles. The number of nitrogens with one attached hydrogen (secondary N) is 1. The molecule has 0 bridgehead atoms. The molecule has 166 valence electrons. The lowest BCUT2D eigenvalue weighted by Gasteiger charge is -2.36. The Hall–Kier alpha value is -3.35. The quantitative estimate of drug-likeness (QED) is 0.666. The van der Waals surface area contributed by atoms with Crippen molar-refractivity contribution in [1.29, 1.82) is 0 Å². The molecular weight excluding hydrogens is 404 g/mol. The van der Waals surface area contributed by atoms with Crippen LogP contribution >= 0.6 is 0 Å². The Morgan fingerprint density at radius 1 is 1.12 bits per heavy atom. The summed E-state index contributed by atoms with van der Waals surface area (Å²) in [4.78, 5) is 32.6. The molecule has 7 nitrogen and oxygen atoms in total. The van der Waals surface area contributed by atoms with E-state index in [4.69, 9.17) is 4.74 Å². The van der Waals surface area contributed by atoms with Gasteiger partial charge in [0.1, 0.15) is 5.75 Å². The highest BCUT2D eigenvalue weighted by molar-refractivity contribution is 6.00. The number of hydrogen-bond donors (Lipinski definition) is 1. The van der Waals surface area contributed by atoms with Crippen LogP contribution in [0.15, 0.2) is 42.5 Å². The molecule has 1 aliphatic heterocycles. The summed E-state index contributed by atoms with van der Waals surface area (Å²) in [5.74, 6) is 1.06. The minimum Gasteiger partial charge on any atom is -0.496 e. The second-order valence-corrected chi connectivity index (χ2v) is 8.58. The molecule has 2 aliphatic rings. The van der Waals surface area contributed by atoms with Crippen LogP contribution in [0.4, 0.5) is 0 Å². The number of methoxy groups -OCH3 is 1. The van der Waals surface area contributed by atoms with Gasteiger partial charge in [-0.3, -0.25) is 9.59 Å². The third kappa shape index (κ3) is 3.72. The van der Waals surface area contributed by atoms with Crippen LogP contribution in [-0.2, 0) is 13.1 Å². The second-order valence-electron chi connectivity index (χ2n) is 8.58. The predicted octanol–water partition coefficient (Wildman–Crippen LogP) is 3.76. The number of fused-ring (bicyclic) bond motifs is 3. The van der Waals surface area contributed by atoms with Gasteiger partial charge in [-0.15, -0.1) is 0 Å². The maximum absolute atomic E-state index is 13.2. The van der Waals surface area contributed by atoms with Crippen LogP contribution in [0.1, 0.15) is 58.6 Å². The lowest BCUT2D eigenvalue weighted by molar-refractivity contribution is 0.0566. The van der Waals surface area contributed by atoms with Crippen LogP contribution in [0, 0.1) is 0 Å². The topological polar surface area (TPSA) is 76.5 Å². The summed E-state index contributed by atoms with van der Waals surface area (Å²) >= 11 is 0. The Labute approximate surface area is 187 Å². The average Bonchev–Trinajstić information content (AvgIpc) is 3.22. The molecule has 1 fully saturated rings. The van der Waals surface area contributed by atoms with Gasteiger partial charge in [-0.05, 0) is 37.1 Å². The normalized spacial score (nSPS) is 16.8. The summed E-state index contributed by atoms with van der Waals surface area (Å²) in [6.45, 7) is 1.84. The van der Waals surface area contributed by atoms with Crippen molar-refractivity contribution >= 4 is 22.8 Å². The fourth-order valence-electron chi connectivity index (χ4n) is 4.97. The van der Waals surface area contributed by atoms with Crippen LogP contribution < -0.4 is 10.1 Å². The maximum atomic E-state index is 13.2. The molecule has 3 aromatic rings. The van der Waals surface area contributed by atoms with E-state index in [9.17, 15) is 9.59 Å². The number of nitrogens with zero attached hydrogens (tertiary/aromatic N) is 3. The van der Waals surface area contributed by atoms with E-state index >= 15 is 0 Å². The number of benzene rings is 2. The van der Waals surface area contributed by atoms with Crippen LogP contribution in [0.5, 0.6) is 5.75 Å². The van der Waals surface area contributed by atoms with E-state index in [1.165, 1.54) is 19.3 Å². The fourth-order valence-corrected chi connectivity index (χ4v) is 4.97. The molecular formula is C25H28N4O3. The van der Waals surface area contributed by atoms with Crippen LogP contribution in [-0.4, -0.2) is 46.0 Å². The van der Waals surface area contributed by atoms with Gasteiger partial charge in [-0.2, -0.15) is 0 Å². The van der Waals surface area contributed by atoms with E-state index in [-0.39, 0.29) is 11.8 Å². The minimum absolute atomic E-state index is 0.0153. The molecule has 5 rings (SSSR count). The zero-order valence-corrected chi connectivity index (χ0v) is 18.3. The number of para-hydroxylation sites is 1. The Morgan fingerprint density at radius 2 is 1.94 bits per heavy atom. The lowest BCUT2D eigenvalue weighted by Crippen LogP contribution is -2.47. The lowest BCUT2D eigenvalue weighted by atomic mass is 9.94. The van der Waals surface area contributed by atoms with Crippen LogP contribution in [0.25, 0.3) is 11.0 Å². The predicted molar refractivity (Wildman–Crippen MR) is 122 cm³/mol. The third-order valence-electron chi connectivity index (χ3n) is 6.67. The number of aromatic nitrogens is 2. The van der Waals surface area contributed by atoms with E-state index in [1.807, 2.05) is 39.8 Å². The molecule has 1 aliphatic carbocycles. The molecule has 2 amide bonds. The Bertz CT molecular complexity index is 1160. The van der Waals surface area contributed by atoms with Crippen molar-refractivity contribution < 1.29 is 14.3 Å². The highest BCUT2D eigenvalue weighted by Crippen LogP contribution is 2.28. The SMILES string of the molecule is COc1ccccc1CNC(=O)c1ccc2c(c1)nc1n2CCN(C2CCCCC2)C1=O. The first-order valence-electron chi connectivity index (χ1n) is 11.4. The molecule has 0 saturated heterocycles. The Morgan fingerprint density at radius 3 is 2.75 bits per heavy atom. The second kappa shape index (κ2) is 8.65. The molecule has 0 unspecified atom stereocenters. The van der Waals surface area contributed by atoms with Gasteiger partial charge in [0, 0.05) is 36.8 Å². The molecule has 1 aromatic heterocycles. The summed E-state index contributed by atoms with van der Waals surface area (Å²) in [6, 6.07) is 13.4. The Balaban J connectivity index is 1.35. The van der Waals surface area contributed by atoms with Gasteiger partial charge in [0.25, 0.3) is 11.8 Å². The van der Waals surface area contributed by atoms with Gasteiger partial charge in [-0.25, -0.2) is 4.98 Å². The standard InChI is InChI=1S/C25H28N4O3/c1-32-22-10-6-5-7-18(22)16-26-24(30)17-11-12-21-20(15-17)27-23-25(31)28(13-14-29(21)23)19-8-3-2-4-9-19/h5-7,10-12,15,19H,2-4,8-9,13-14,16H2,1H3,(H,26,30). The summed E-state index contributed by atoms with van der Waals surface area (Å²) in [5, 5.41) is 2.95. The molecule has 0 atom stereocenters. The first kappa shape index (κ1) is 20.5.